The SMILES string of the molecule is O=[N+]([O-])c1ccc(-c2c3nc(c(-c4ccccc4)c4[nH]c(c(Br)c4Br)c(-c4ccccc4)c4nc(c(-c5ccccc5)c5[nH]c2c(Br)c5Br)C=C4)C=C3)cc1. The number of nitro groups is 1. The summed E-state index contributed by atoms with van der Waals surface area (Å²) in [5.41, 5.74) is 13.4. The molecule has 0 amide bonds. The first-order valence-corrected chi connectivity index (χ1v) is 20.3. The van der Waals surface area contributed by atoms with Crippen molar-refractivity contribution in [2.45, 2.75) is 0 Å². The lowest BCUT2D eigenvalue weighted by molar-refractivity contribution is -0.384. The second kappa shape index (κ2) is 14.5. The summed E-state index contributed by atoms with van der Waals surface area (Å²) in [4.78, 5) is 29.6. The van der Waals surface area contributed by atoms with Gasteiger partial charge in [0.05, 0.1) is 67.7 Å². The summed E-state index contributed by atoms with van der Waals surface area (Å²) in [6.07, 6.45) is 8.13. The number of rotatable bonds is 5. The van der Waals surface area contributed by atoms with Crippen LogP contribution in [0.15, 0.2) is 133 Å². The maximum absolute atomic E-state index is 11.7. The van der Waals surface area contributed by atoms with Crippen LogP contribution in [0.1, 0.15) is 22.8 Å². The molecule has 0 spiro atoms. The fraction of sp³-hybridized carbons (Fsp3) is 0. The van der Waals surface area contributed by atoms with E-state index in [1.165, 1.54) is 12.1 Å². The van der Waals surface area contributed by atoms with Crippen molar-refractivity contribution in [3.8, 4) is 44.5 Å². The van der Waals surface area contributed by atoms with E-state index in [1.54, 1.807) is 12.1 Å². The minimum atomic E-state index is -0.393. The summed E-state index contributed by atoms with van der Waals surface area (Å²) < 4.78 is 3.26. The summed E-state index contributed by atoms with van der Waals surface area (Å²) in [6.45, 7) is 0. The third-order valence-electron chi connectivity index (χ3n) is 9.62. The van der Waals surface area contributed by atoms with Crippen molar-refractivity contribution in [3.05, 3.63) is 166 Å². The molecule has 3 aromatic heterocycles. The number of aromatic nitrogens is 4. The van der Waals surface area contributed by atoms with Crippen molar-refractivity contribution in [2.75, 3.05) is 0 Å². The molecule has 0 saturated carbocycles. The minimum absolute atomic E-state index is 0.00302. The maximum Gasteiger partial charge on any atom is 0.269 e. The molecule has 11 heteroatoms. The topological polar surface area (TPSA) is 100 Å². The van der Waals surface area contributed by atoms with Gasteiger partial charge in [0.1, 0.15) is 0 Å². The normalized spacial score (nSPS) is 12.0. The van der Waals surface area contributed by atoms with Gasteiger partial charge in [0.25, 0.3) is 5.69 Å². The van der Waals surface area contributed by atoms with Gasteiger partial charge in [-0.3, -0.25) is 10.1 Å². The maximum atomic E-state index is 11.7. The number of nitrogens with one attached hydrogen (secondary N) is 2. The molecule has 0 fully saturated rings. The molecule has 2 N–H and O–H groups in total. The zero-order valence-electron chi connectivity index (χ0n) is 28.4. The predicted molar refractivity (Wildman–Crippen MR) is 238 cm³/mol. The van der Waals surface area contributed by atoms with E-state index in [0.717, 1.165) is 102 Å². The number of benzene rings is 4. The smallest absolute Gasteiger partial charge is 0.269 e. The van der Waals surface area contributed by atoms with Crippen molar-refractivity contribution in [1.82, 2.24) is 19.9 Å². The van der Waals surface area contributed by atoms with E-state index in [2.05, 4.69) is 122 Å². The third-order valence-corrected chi connectivity index (χ3v) is 13.9. The minimum Gasteiger partial charge on any atom is -0.352 e. The molecule has 0 unspecified atom stereocenters. The Labute approximate surface area is 348 Å². The molecule has 0 radical (unpaired) electrons. The Bertz CT molecular complexity index is 2880. The average molecular weight is 975 g/mol. The summed E-state index contributed by atoms with van der Waals surface area (Å²) in [5.74, 6) is 0. The van der Waals surface area contributed by atoms with Crippen molar-refractivity contribution < 1.29 is 4.92 Å². The lowest BCUT2D eigenvalue weighted by Crippen LogP contribution is -1.91. The molecule has 7 aromatic rings. The second-order valence-corrected chi connectivity index (χ2v) is 16.0. The zero-order valence-corrected chi connectivity index (χ0v) is 34.8. The molecule has 7 nitrogen and oxygen atoms in total. The molecule has 266 valence electrons. The monoisotopic (exact) mass is 971 g/mol. The van der Waals surface area contributed by atoms with Gasteiger partial charge in [-0.1, -0.05) is 91.0 Å². The van der Waals surface area contributed by atoms with E-state index in [-0.39, 0.29) is 5.69 Å². The molecule has 2 aliphatic heterocycles. The molecule has 0 saturated heterocycles. The van der Waals surface area contributed by atoms with E-state index in [0.29, 0.717) is 5.69 Å². The number of hydrogen-bond donors (Lipinski definition) is 2. The number of non-ortho nitro benzene ring substituents is 1. The number of hydrogen-bond acceptors (Lipinski definition) is 4. The van der Waals surface area contributed by atoms with Crippen molar-refractivity contribution in [3.63, 3.8) is 0 Å². The Balaban J connectivity index is 1.54. The third kappa shape index (κ3) is 6.25. The van der Waals surface area contributed by atoms with Gasteiger partial charge in [0.15, 0.2) is 0 Å². The van der Waals surface area contributed by atoms with Crippen LogP contribution in [0.4, 0.5) is 5.69 Å². The van der Waals surface area contributed by atoms with E-state index in [4.69, 9.17) is 9.97 Å². The van der Waals surface area contributed by atoms with Gasteiger partial charge in [-0.15, -0.1) is 0 Å². The predicted octanol–water partition coefficient (Wildman–Crippen LogP) is 14.3. The lowest BCUT2D eigenvalue weighted by Gasteiger charge is -2.07. The van der Waals surface area contributed by atoms with Crippen LogP contribution in [0, 0.1) is 10.1 Å². The first-order valence-electron chi connectivity index (χ1n) is 17.1. The van der Waals surface area contributed by atoms with E-state index in [1.807, 2.05) is 66.7 Å². The zero-order chi connectivity index (χ0) is 37.8. The van der Waals surface area contributed by atoms with Crippen LogP contribution in [0.3, 0.4) is 0 Å². The average Bonchev–Trinajstić information content (AvgIpc) is 4.01. The molecule has 5 heterocycles. The van der Waals surface area contributed by atoms with Crippen LogP contribution in [0.2, 0.25) is 0 Å². The highest BCUT2D eigenvalue weighted by molar-refractivity contribution is 9.13. The molecule has 55 heavy (non-hydrogen) atoms. The Morgan fingerprint density at radius 2 is 0.691 bits per heavy atom. The van der Waals surface area contributed by atoms with Gasteiger partial charge in [-0.25, -0.2) is 9.97 Å². The fourth-order valence-electron chi connectivity index (χ4n) is 7.12. The van der Waals surface area contributed by atoms with Crippen molar-refractivity contribution in [2.24, 2.45) is 0 Å². The Morgan fingerprint density at radius 1 is 0.418 bits per heavy atom. The van der Waals surface area contributed by atoms with E-state index >= 15 is 0 Å². The largest absolute Gasteiger partial charge is 0.352 e. The number of H-pyrrole nitrogens is 2. The molecule has 2 aliphatic rings. The standard InChI is InChI=1S/C44H25Br4N5O2/c45-37-38(46)42-35(26-14-8-3-9-15-26)31-22-23-32(50-31)36(27-16-18-28(19-17-27)53(54)55)44-40(48)39(47)43(52-44)34(25-12-6-2-7-13-25)30-21-20-29(49-30)33(41(37)51-42)24-10-4-1-5-11-24/h1-23,51-52H. The number of aromatic amines is 2. The lowest BCUT2D eigenvalue weighted by atomic mass is 10.0. The number of nitro benzene ring substituents is 1. The fourth-order valence-corrected chi connectivity index (χ4v) is 9.11. The molecular formula is C44H25Br4N5O2. The highest BCUT2D eigenvalue weighted by atomic mass is 79.9. The summed E-state index contributed by atoms with van der Waals surface area (Å²) in [6, 6.07) is 37.2. The number of nitrogens with zero attached hydrogens (tertiary/aromatic N) is 3. The highest BCUT2D eigenvalue weighted by Crippen LogP contribution is 2.46. The van der Waals surface area contributed by atoms with Gasteiger partial charge in [-0.2, -0.15) is 0 Å². The molecule has 4 aromatic carbocycles. The summed E-state index contributed by atoms with van der Waals surface area (Å²) >= 11 is 15.8. The number of fused-ring (bicyclic) bond motifs is 8. The van der Waals surface area contributed by atoms with Crippen molar-refractivity contribution in [1.29, 1.82) is 0 Å². The molecule has 0 atom stereocenters. The highest BCUT2D eigenvalue weighted by Gasteiger charge is 2.24. The van der Waals surface area contributed by atoms with Crippen LogP contribution >= 0.6 is 63.7 Å². The van der Waals surface area contributed by atoms with Crippen LogP contribution in [-0.4, -0.2) is 24.9 Å². The van der Waals surface area contributed by atoms with Gasteiger partial charge < -0.3 is 9.97 Å². The summed E-state index contributed by atoms with van der Waals surface area (Å²) in [7, 11) is 0. The quantitative estimate of drug-likeness (QED) is 0.133. The Morgan fingerprint density at radius 3 is 0.964 bits per heavy atom. The van der Waals surface area contributed by atoms with Gasteiger partial charge in [0, 0.05) is 34.4 Å². The van der Waals surface area contributed by atoms with Crippen LogP contribution < -0.4 is 0 Å². The first kappa shape index (κ1) is 35.5. The van der Waals surface area contributed by atoms with E-state index < -0.39 is 4.92 Å². The molecule has 8 bridgehead atoms. The Hall–Kier alpha value is -5.20. The Kier molecular flexibility index (Phi) is 9.34. The number of halogens is 4. The van der Waals surface area contributed by atoms with Crippen LogP contribution in [-0.2, 0) is 0 Å². The van der Waals surface area contributed by atoms with Gasteiger partial charge in [0.2, 0.25) is 0 Å². The molecular weight excluding hydrogens is 950 g/mol. The summed E-state index contributed by atoms with van der Waals surface area (Å²) in [5, 5.41) is 11.7. The van der Waals surface area contributed by atoms with Crippen molar-refractivity contribution >= 4 is 116 Å². The van der Waals surface area contributed by atoms with E-state index in [9.17, 15) is 10.1 Å². The molecule has 0 aliphatic carbocycles. The molecule has 9 rings (SSSR count). The van der Waals surface area contributed by atoms with Gasteiger partial charge >= 0.3 is 0 Å². The van der Waals surface area contributed by atoms with Crippen LogP contribution in [0.5, 0.6) is 0 Å². The first-order chi connectivity index (χ1) is 26.8. The van der Waals surface area contributed by atoms with Crippen LogP contribution in [0.25, 0.3) is 90.9 Å². The van der Waals surface area contributed by atoms with Gasteiger partial charge in [-0.05, 0) is 122 Å². The second-order valence-electron chi connectivity index (χ2n) is 12.8.